The highest BCUT2D eigenvalue weighted by molar-refractivity contribution is 5.83. The van der Waals surface area contributed by atoms with Gasteiger partial charge >= 0.3 is 0 Å². The Hall–Kier alpha value is -2.07. The van der Waals surface area contributed by atoms with Crippen LogP contribution in [-0.2, 0) is 7.05 Å². The van der Waals surface area contributed by atoms with Crippen molar-refractivity contribution < 1.29 is 5.11 Å². The van der Waals surface area contributed by atoms with Crippen LogP contribution in [0.15, 0.2) is 42.9 Å². The minimum absolute atomic E-state index is 0.648. The van der Waals surface area contributed by atoms with E-state index in [1.807, 2.05) is 48.3 Å². The minimum Gasteiger partial charge on any atom is -0.380 e. The summed E-state index contributed by atoms with van der Waals surface area (Å²) in [5.74, 6) is 0.648. The van der Waals surface area contributed by atoms with Crippen LogP contribution in [0.4, 0.5) is 0 Å². The molecule has 0 bridgehead atoms. The van der Waals surface area contributed by atoms with Crippen molar-refractivity contribution in [1.29, 1.82) is 0 Å². The van der Waals surface area contributed by atoms with Crippen LogP contribution in [0.25, 0.3) is 10.9 Å². The summed E-state index contributed by atoms with van der Waals surface area (Å²) in [6.07, 6.45) is 4.65. The molecule has 1 aromatic carbocycles. The fourth-order valence-corrected chi connectivity index (χ4v) is 2.10. The number of aromatic nitrogens is 3. The molecule has 17 heavy (non-hydrogen) atoms. The summed E-state index contributed by atoms with van der Waals surface area (Å²) >= 11 is 0. The van der Waals surface area contributed by atoms with E-state index in [2.05, 4.69) is 9.97 Å². The van der Waals surface area contributed by atoms with Gasteiger partial charge in [0.05, 0.1) is 0 Å². The number of rotatable bonds is 2. The lowest BCUT2D eigenvalue weighted by Gasteiger charge is -2.09. The van der Waals surface area contributed by atoms with Gasteiger partial charge in [0.15, 0.2) is 0 Å². The highest BCUT2D eigenvalue weighted by Crippen LogP contribution is 2.27. The second-order valence-electron chi connectivity index (χ2n) is 4.09. The van der Waals surface area contributed by atoms with Gasteiger partial charge < -0.3 is 14.7 Å². The Morgan fingerprint density at radius 2 is 2.18 bits per heavy atom. The molecule has 3 rings (SSSR count). The number of aryl methyl sites for hydroxylation is 1. The predicted octanol–water partition coefficient (Wildman–Crippen LogP) is 1.98. The number of aromatic amines is 1. The molecular formula is C13H13N3O. The van der Waals surface area contributed by atoms with Crippen molar-refractivity contribution in [1.82, 2.24) is 14.5 Å². The molecule has 0 saturated carbocycles. The molecule has 2 aromatic heterocycles. The largest absolute Gasteiger partial charge is 0.380 e. The van der Waals surface area contributed by atoms with Crippen LogP contribution in [0, 0.1) is 0 Å². The topological polar surface area (TPSA) is 53.8 Å². The first-order valence-corrected chi connectivity index (χ1v) is 5.48. The average Bonchev–Trinajstić information content (AvgIpc) is 2.94. The number of nitrogens with zero attached hydrogens (tertiary/aromatic N) is 2. The molecule has 0 aliphatic heterocycles. The van der Waals surface area contributed by atoms with Gasteiger partial charge in [-0.15, -0.1) is 0 Å². The monoisotopic (exact) mass is 227 g/mol. The zero-order valence-electron chi connectivity index (χ0n) is 9.46. The average molecular weight is 227 g/mol. The number of fused-ring (bicyclic) bond motifs is 1. The normalized spacial score (nSPS) is 13.1. The maximum atomic E-state index is 10.3. The molecule has 1 atom stereocenters. The van der Waals surface area contributed by atoms with Gasteiger partial charge in [0.2, 0.25) is 0 Å². The molecule has 0 amide bonds. The summed E-state index contributed by atoms with van der Waals surface area (Å²) in [6, 6.07) is 7.91. The standard InChI is InChI=1S/C13H13N3O/c1-16-7-6-14-13(16)12(17)10-8-15-11-5-3-2-4-9(10)11/h2-8,12,15,17H,1H3. The first-order valence-electron chi connectivity index (χ1n) is 5.48. The number of para-hydroxylation sites is 1. The minimum atomic E-state index is -0.703. The van der Waals surface area contributed by atoms with Crippen LogP contribution >= 0.6 is 0 Å². The van der Waals surface area contributed by atoms with Gasteiger partial charge in [0, 0.05) is 42.1 Å². The molecule has 0 fully saturated rings. The van der Waals surface area contributed by atoms with Crippen molar-refractivity contribution in [2.75, 3.05) is 0 Å². The molecule has 0 aliphatic carbocycles. The Bertz CT molecular complexity index is 653. The quantitative estimate of drug-likeness (QED) is 0.703. The second kappa shape index (κ2) is 3.75. The zero-order chi connectivity index (χ0) is 11.8. The van der Waals surface area contributed by atoms with Crippen molar-refractivity contribution in [3.63, 3.8) is 0 Å². The van der Waals surface area contributed by atoms with E-state index in [1.54, 1.807) is 6.20 Å². The summed E-state index contributed by atoms with van der Waals surface area (Å²) in [5, 5.41) is 11.4. The van der Waals surface area contributed by atoms with Crippen LogP contribution in [-0.4, -0.2) is 19.6 Å². The third-order valence-electron chi connectivity index (χ3n) is 3.02. The molecule has 2 N–H and O–H groups in total. The number of aliphatic hydroxyl groups excluding tert-OH is 1. The Labute approximate surface area is 98.5 Å². The van der Waals surface area contributed by atoms with Crippen LogP contribution in [0.2, 0.25) is 0 Å². The SMILES string of the molecule is Cn1ccnc1C(O)c1c[nH]c2ccccc12. The lowest BCUT2D eigenvalue weighted by Crippen LogP contribution is -2.06. The van der Waals surface area contributed by atoms with E-state index in [-0.39, 0.29) is 0 Å². The number of benzene rings is 1. The summed E-state index contributed by atoms with van der Waals surface area (Å²) in [7, 11) is 1.88. The maximum absolute atomic E-state index is 10.3. The van der Waals surface area contributed by atoms with Crippen LogP contribution < -0.4 is 0 Å². The van der Waals surface area contributed by atoms with Gasteiger partial charge in [-0.05, 0) is 6.07 Å². The molecule has 86 valence electrons. The van der Waals surface area contributed by atoms with E-state index in [0.717, 1.165) is 16.5 Å². The summed E-state index contributed by atoms with van der Waals surface area (Å²) < 4.78 is 1.83. The van der Waals surface area contributed by atoms with Crippen molar-refractivity contribution in [3.8, 4) is 0 Å². The van der Waals surface area contributed by atoms with Gasteiger partial charge in [0.1, 0.15) is 11.9 Å². The number of imidazole rings is 1. The van der Waals surface area contributed by atoms with Crippen molar-refractivity contribution in [2.24, 2.45) is 7.05 Å². The van der Waals surface area contributed by atoms with Crippen LogP contribution in [0.1, 0.15) is 17.5 Å². The van der Waals surface area contributed by atoms with Crippen LogP contribution in [0.3, 0.4) is 0 Å². The Morgan fingerprint density at radius 3 is 2.94 bits per heavy atom. The Morgan fingerprint density at radius 1 is 1.35 bits per heavy atom. The molecule has 1 unspecified atom stereocenters. The summed E-state index contributed by atoms with van der Waals surface area (Å²) in [4.78, 5) is 7.33. The Balaban J connectivity index is 2.13. The molecule has 3 aromatic rings. The van der Waals surface area contributed by atoms with Gasteiger partial charge in [-0.25, -0.2) is 4.98 Å². The van der Waals surface area contributed by atoms with E-state index in [4.69, 9.17) is 0 Å². The van der Waals surface area contributed by atoms with Crippen molar-refractivity contribution in [3.05, 3.63) is 54.2 Å². The van der Waals surface area contributed by atoms with E-state index in [0.29, 0.717) is 5.82 Å². The fourth-order valence-electron chi connectivity index (χ4n) is 2.10. The molecule has 4 heteroatoms. The van der Waals surface area contributed by atoms with Crippen molar-refractivity contribution in [2.45, 2.75) is 6.10 Å². The van der Waals surface area contributed by atoms with Gasteiger partial charge in [-0.2, -0.15) is 0 Å². The Kier molecular flexibility index (Phi) is 2.23. The molecule has 0 aliphatic rings. The third-order valence-corrected chi connectivity index (χ3v) is 3.02. The molecular weight excluding hydrogens is 214 g/mol. The highest BCUT2D eigenvalue weighted by atomic mass is 16.3. The number of aliphatic hydroxyl groups is 1. The molecule has 0 spiro atoms. The molecule has 2 heterocycles. The number of hydrogen-bond acceptors (Lipinski definition) is 2. The highest BCUT2D eigenvalue weighted by Gasteiger charge is 2.18. The lowest BCUT2D eigenvalue weighted by molar-refractivity contribution is 0.208. The predicted molar refractivity (Wildman–Crippen MR) is 65.6 cm³/mol. The lowest BCUT2D eigenvalue weighted by atomic mass is 10.1. The fraction of sp³-hybridized carbons (Fsp3) is 0.154. The smallest absolute Gasteiger partial charge is 0.142 e. The second-order valence-corrected chi connectivity index (χ2v) is 4.09. The summed E-state index contributed by atoms with van der Waals surface area (Å²) in [6.45, 7) is 0. The molecule has 0 saturated heterocycles. The van der Waals surface area contributed by atoms with E-state index >= 15 is 0 Å². The van der Waals surface area contributed by atoms with Gasteiger partial charge in [-0.1, -0.05) is 18.2 Å². The first kappa shape index (κ1) is 10.1. The van der Waals surface area contributed by atoms with Crippen LogP contribution in [0.5, 0.6) is 0 Å². The number of H-pyrrole nitrogens is 1. The first-order chi connectivity index (χ1) is 8.27. The maximum Gasteiger partial charge on any atom is 0.142 e. The van der Waals surface area contributed by atoms with Crippen molar-refractivity contribution >= 4 is 10.9 Å². The molecule has 0 radical (unpaired) electrons. The van der Waals surface area contributed by atoms with E-state index < -0.39 is 6.10 Å². The van der Waals surface area contributed by atoms with Gasteiger partial charge in [-0.3, -0.25) is 0 Å². The number of hydrogen-bond donors (Lipinski definition) is 2. The third kappa shape index (κ3) is 1.54. The number of nitrogens with one attached hydrogen (secondary N) is 1. The van der Waals surface area contributed by atoms with E-state index in [1.165, 1.54) is 0 Å². The zero-order valence-corrected chi connectivity index (χ0v) is 9.46. The van der Waals surface area contributed by atoms with E-state index in [9.17, 15) is 5.11 Å². The summed E-state index contributed by atoms with van der Waals surface area (Å²) in [5.41, 5.74) is 1.88. The van der Waals surface area contributed by atoms with Gasteiger partial charge in [0.25, 0.3) is 0 Å². The molecule has 4 nitrogen and oxygen atoms in total.